The first-order valence-corrected chi connectivity index (χ1v) is 7.47. The van der Waals surface area contributed by atoms with Gasteiger partial charge in [0.15, 0.2) is 0 Å². The predicted molar refractivity (Wildman–Crippen MR) is 83.0 cm³/mol. The van der Waals surface area contributed by atoms with Crippen LogP contribution in [-0.4, -0.2) is 25.3 Å². The van der Waals surface area contributed by atoms with E-state index in [2.05, 4.69) is 45.1 Å². The van der Waals surface area contributed by atoms with E-state index in [0.717, 1.165) is 24.6 Å². The number of halogens is 1. The molecule has 1 aromatic rings. The third-order valence-corrected chi connectivity index (χ3v) is 3.28. The molecule has 0 saturated carbocycles. The van der Waals surface area contributed by atoms with Gasteiger partial charge in [-0.25, -0.2) is 0 Å². The van der Waals surface area contributed by atoms with E-state index < -0.39 is 0 Å². The summed E-state index contributed by atoms with van der Waals surface area (Å²) >= 11 is 5.95. The fraction of sp³-hybridized carbons (Fsp3) is 0.625. The first-order valence-electron chi connectivity index (χ1n) is 7.09. The Labute approximate surface area is 122 Å². The number of nitrogens with one attached hydrogen (secondary N) is 1. The lowest BCUT2D eigenvalue weighted by molar-refractivity contribution is 0.0732. The molecule has 1 N–H and O–H groups in total. The van der Waals surface area contributed by atoms with Gasteiger partial charge in [0.05, 0.1) is 6.10 Å². The normalized spacial score (nSPS) is 13.2. The molecule has 2 nitrogen and oxygen atoms in total. The van der Waals surface area contributed by atoms with Crippen molar-refractivity contribution in [2.75, 3.05) is 13.2 Å². The maximum absolute atomic E-state index is 5.95. The number of hydrogen-bond donors (Lipinski definition) is 1. The molecule has 3 heteroatoms. The monoisotopic (exact) mass is 283 g/mol. The third-order valence-electron chi connectivity index (χ3n) is 3.03. The van der Waals surface area contributed by atoms with Gasteiger partial charge in [-0.2, -0.15) is 0 Å². The van der Waals surface area contributed by atoms with Crippen molar-refractivity contribution in [3.63, 3.8) is 0 Å². The molecule has 0 radical (unpaired) electrons. The smallest absolute Gasteiger partial charge is 0.0518 e. The van der Waals surface area contributed by atoms with E-state index in [9.17, 15) is 0 Å². The van der Waals surface area contributed by atoms with Crippen LogP contribution in [0.2, 0.25) is 5.02 Å². The molecule has 1 aromatic carbocycles. The molecule has 0 saturated heterocycles. The zero-order valence-electron chi connectivity index (χ0n) is 12.4. The average Bonchev–Trinajstić information content (AvgIpc) is 2.34. The molecule has 0 bridgehead atoms. The first kappa shape index (κ1) is 16.5. The van der Waals surface area contributed by atoms with E-state index in [1.54, 1.807) is 0 Å². The van der Waals surface area contributed by atoms with Crippen molar-refractivity contribution in [3.05, 3.63) is 34.9 Å². The van der Waals surface area contributed by atoms with Gasteiger partial charge in [-0.15, -0.1) is 0 Å². The molecule has 0 aliphatic rings. The van der Waals surface area contributed by atoms with Gasteiger partial charge >= 0.3 is 0 Å². The molecule has 1 unspecified atom stereocenters. The van der Waals surface area contributed by atoms with Crippen LogP contribution in [0.25, 0.3) is 0 Å². The Balaban J connectivity index is 2.59. The van der Waals surface area contributed by atoms with Crippen LogP contribution >= 0.6 is 11.6 Å². The molecular weight excluding hydrogens is 258 g/mol. The van der Waals surface area contributed by atoms with Crippen molar-refractivity contribution in [2.24, 2.45) is 0 Å². The third kappa shape index (κ3) is 6.95. The van der Waals surface area contributed by atoms with Crippen LogP contribution < -0.4 is 5.32 Å². The van der Waals surface area contributed by atoms with Gasteiger partial charge in [-0.3, -0.25) is 0 Å². The molecule has 0 fully saturated rings. The van der Waals surface area contributed by atoms with Crippen molar-refractivity contribution in [1.82, 2.24) is 5.32 Å². The van der Waals surface area contributed by atoms with Gasteiger partial charge in [0.25, 0.3) is 0 Å². The number of rotatable bonds is 8. The molecule has 19 heavy (non-hydrogen) atoms. The minimum absolute atomic E-state index is 0.295. The summed E-state index contributed by atoms with van der Waals surface area (Å²) in [7, 11) is 0. The second-order valence-corrected chi connectivity index (χ2v) is 5.96. The highest BCUT2D eigenvalue weighted by molar-refractivity contribution is 6.30. The van der Waals surface area contributed by atoms with E-state index in [1.165, 1.54) is 5.56 Å². The van der Waals surface area contributed by atoms with Crippen molar-refractivity contribution < 1.29 is 4.74 Å². The van der Waals surface area contributed by atoms with Crippen LogP contribution in [0.3, 0.4) is 0 Å². The molecule has 108 valence electrons. The van der Waals surface area contributed by atoms with Gasteiger partial charge < -0.3 is 10.1 Å². The highest BCUT2D eigenvalue weighted by Crippen LogP contribution is 2.21. The summed E-state index contributed by atoms with van der Waals surface area (Å²) in [6.07, 6.45) is 1.32. The minimum Gasteiger partial charge on any atom is -0.379 e. The zero-order valence-corrected chi connectivity index (χ0v) is 13.2. The summed E-state index contributed by atoms with van der Waals surface area (Å²) in [6, 6.07) is 8.65. The van der Waals surface area contributed by atoms with Gasteiger partial charge in [0, 0.05) is 24.2 Å². The summed E-state index contributed by atoms with van der Waals surface area (Å²) in [6.45, 7) is 10.3. The van der Waals surface area contributed by atoms with Crippen LogP contribution in [0.4, 0.5) is 0 Å². The van der Waals surface area contributed by atoms with Crippen LogP contribution in [0.1, 0.15) is 45.6 Å². The second-order valence-electron chi connectivity index (χ2n) is 5.52. The van der Waals surface area contributed by atoms with E-state index in [1.807, 2.05) is 12.1 Å². The summed E-state index contributed by atoms with van der Waals surface area (Å²) < 4.78 is 5.67. The van der Waals surface area contributed by atoms with E-state index >= 15 is 0 Å². The van der Waals surface area contributed by atoms with Crippen LogP contribution in [0.15, 0.2) is 24.3 Å². The zero-order chi connectivity index (χ0) is 14.3. The van der Waals surface area contributed by atoms with Crippen LogP contribution in [0.5, 0.6) is 0 Å². The first-order chi connectivity index (χ1) is 8.99. The highest BCUT2D eigenvalue weighted by atomic mass is 35.5. The van der Waals surface area contributed by atoms with Crippen molar-refractivity contribution in [2.45, 2.75) is 52.2 Å². The maximum Gasteiger partial charge on any atom is 0.0518 e. The van der Waals surface area contributed by atoms with E-state index in [0.29, 0.717) is 18.1 Å². The Morgan fingerprint density at radius 2 is 1.74 bits per heavy atom. The fourth-order valence-electron chi connectivity index (χ4n) is 1.95. The van der Waals surface area contributed by atoms with Gasteiger partial charge in [-0.1, -0.05) is 37.6 Å². The molecule has 0 heterocycles. The summed E-state index contributed by atoms with van der Waals surface area (Å²) in [5, 5.41) is 4.30. The molecule has 0 spiro atoms. The van der Waals surface area contributed by atoms with Gasteiger partial charge in [-0.05, 0) is 43.9 Å². The Morgan fingerprint density at radius 3 is 2.26 bits per heavy atom. The quantitative estimate of drug-likeness (QED) is 0.771. The summed E-state index contributed by atoms with van der Waals surface area (Å²) in [4.78, 5) is 0. The largest absolute Gasteiger partial charge is 0.379 e. The Kier molecular flexibility index (Phi) is 7.44. The lowest BCUT2D eigenvalue weighted by atomic mass is 9.95. The Morgan fingerprint density at radius 1 is 1.11 bits per heavy atom. The Bertz CT molecular complexity index is 348. The predicted octanol–water partition coefficient (Wildman–Crippen LogP) is 4.24. The van der Waals surface area contributed by atoms with E-state index in [4.69, 9.17) is 16.3 Å². The van der Waals surface area contributed by atoms with Crippen LogP contribution in [0, 0.1) is 0 Å². The van der Waals surface area contributed by atoms with Gasteiger partial charge in [0.1, 0.15) is 0 Å². The SMILES string of the molecule is CC(C)NCC(CCOC(C)C)c1ccc(Cl)cc1. The fourth-order valence-corrected chi connectivity index (χ4v) is 2.07. The lowest BCUT2D eigenvalue weighted by Gasteiger charge is -2.20. The molecule has 0 aromatic heterocycles. The lowest BCUT2D eigenvalue weighted by Crippen LogP contribution is -2.28. The Hall–Kier alpha value is -0.570. The molecule has 1 atom stereocenters. The number of ether oxygens (including phenoxy) is 1. The number of benzene rings is 1. The van der Waals surface area contributed by atoms with E-state index in [-0.39, 0.29) is 0 Å². The van der Waals surface area contributed by atoms with Crippen molar-refractivity contribution >= 4 is 11.6 Å². The number of hydrogen-bond acceptors (Lipinski definition) is 2. The topological polar surface area (TPSA) is 21.3 Å². The molecule has 0 amide bonds. The minimum atomic E-state index is 0.295. The molecule has 0 aliphatic heterocycles. The second kappa shape index (κ2) is 8.57. The molecule has 0 aliphatic carbocycles. The summed E-state index contributed by atoms with van der Waals surface area (Å²) in [5.41, 5.74) is 1.32. The highest BCUT2D eigenvalue weighted by Gasteiger charge is 2.12. The maximum atomic E-state index is 5.95. The van der Waals surface area contributed by atoms with Crippen molar-refractivity contribution in [1.29, 1.82) is 0 Å². The van der Waals surface area contributed by atoms with Crippen molar-refractivity contribution in [3.8, 4) is 0 Å². The standard InChI is InChI=1S/C16H26ClNO/c1-12(2)18-11-15(9-10-19-13(3)4)14-5-7-16(17)8-6-14/h5-8,12-13,15,18H,9-11H2,1-4H3. The summed E-state index contributed by atoms with van der Waals surface area (Å²) in [5.74, 6) is 0.471. The van der Waals surface area contributed by atoms with Gasteiger partial charge in [0.2, 0.25) is 0 Å². The molecule has 1 rings (SSSR count). The van der Waals surface area contributed by atoms with Crippen LogP contribution in [-0.2, 0) is 4.74 Å². The average molecular weight is 284 g/mol. The molecular formula is C16H26ClNO.